The summed E-state index contributed by atoms with van der Waals surface area (Å²) >= 11 is 0. The topological polar surface area (TPSA) is 98.5 Å². The van der Waals surface area contributed by atoms with E-state index in [1.165, 1.54) is 43.5 Å². The quantitative estimate of drug-likeness (QED) is 0.876. The number of ether oxygens (including phenoxy) is 1. The second-order valence-electron chi connectivity index (χ2n) is 4.19. The molecule has 0 fully saturated rings. The molecule has 0 atom stereocenters. The van der Waals surface area contributed by atoms with Gasteiger partial charge in [-0.25, -0.2) is 8.42 Å². The molecule has 0 aliphatic heterocycles. The normalized spacial score (nSPS) is 10.9. The van der Waals surface area contributed by atoms with E-state index in [1.54, 1.807) is 12.1 Å². The molecule has 21 heavy (non-hydrogen) atoms. The molecule has 1 amide bonds. The largest absolute Gasteiger partial charge is 0.497 e. The Morgan fingerprint density at radius 2 is 1.71 bits per heavy atom. The molecular formula is C14H14N2O4S. The summed E-state index contributed by atoms with van der Waals surface area (Å²) in [5, 5.41) is 0. The molecule has 0 heterocycles. The number of nitrogens with one attached hydrogen (secondary N) is 1. The zero-order valence-electron chi connectivity index (χ0n) is 11.2. The Morgan fingerprint density at radius 3 is 2.29 bits per heavy atom. The van der Waals surface area contributed by atoms with Crippen LogP contribution in [0.1, 0.15) is 10.4 Å². The van der Waals surface area contributed by atoms with Gasteiger partial charge in [0, 0.05) is 0 Å². The van der Waals surface area contributed by atoms with E-state index in [9.17, 15) is 13.2 Å². The first-order valence-corrected chi connectivity index (χ1v) is 7.48. The van der Waals surface area contributed by atoms with E-state index in [-0.39, 0.29) is 16.1 Å². The highest BCUT2D eigenvalue weighted by molar-refractivity contribution is 7.92. The second kappa shape index (κ2) is 5.84. The highest BCUT2D eigenvalue weighted by atomic mass is 32.2. The van der Waals surface area contributed by atoms with Gasteiger partial charge in [-0.3, -0.25) is 9.52 Å². The molecule has 6 nitrogen and oxygen atoms in total. The fourth-order valence-electron chi connectivity index (χ4n) is 1.75. The zero-order chi connectivity index (χ0) is 15.5. The van der Waals surface area contributed by atoms with Gasteiger partial charge in [-0.05, 0) is 36.4 Å². The SMILES string of the molecule is COc1ccc(S(=O)(=O)Nc2ccccc2C(N)=O)cc1. The van der Waals surface area contributed by atoms with Crippen LogP contribution < -0.4 is 15.2 Å². The number of hydrogen-bond acceptors (Lipinski definition) is 4. The highest BCUT2D eigenvalue weighted by Crippen LogP contribution is 2.21. The van der Waals surface area contributed by atoms with Crippen LogP contribution in [0.25, 0.3) is 0 Å². The van der Waals surface area contributed by atoms with E-state index in [0.717, 1.165) is 0 Å². The Morgan fingerprint density at radius 1 is 1.10 bits per heavy atom. The Balaban J connectivity index is 2.35. The average molecular weight is 306 g/mol. The molecule has 3 N–H and O–H groups in total. The van der Waals surface area contributed by atoms with Crippen LogP contribution in [0.4, 0.5) is 5.69 Å². The van der Waals surface area contributed by atoms with Crippen molar-refractivity contribution in [2.45, 2.75) is 4.90 Å². The molecule has 2 rings (SSSR count). The van der Waals surface area contributed by atoms with E-state index in [0.29, 0.717) is 5.75 Å². The van der Waals surface area contributed by atoms with E-state index in [2.05, 4.69) is 4.72 Å². The lowest BCUT2D eigenvalue weighted by atomic mass is 10.2. The second-order valence-corrected chi connectivity index (χ2v) is 5.87. The maximum absolute atomic E-state index is 12.3. The number of para-hydroxylation sites is 1. The van der Waals surface area contributed by atoms with Gasteiger partial charge >= 0.3 is 0 Å². The van der Waals surface area contributed by atoms with Gasteiger partial charge in [0.05, 0.1) is 23.3 Å². The number of primary amides is 1. The van der Waals surface area contributed by atoms with Crippen molar-refractivity contribution in [3.63, 3.8) is 0 Å². The van der Waals surface area contributed by atoms with Gasteiger partial charge in [-0.1, -0.05) is 12.1 Å². The Labute approximate surface area is 122 Å². The summed E-state index contributed by atoms with van der Waals surface area (Å²) in [4.78, 5) is 11.4. The Hall–Kier alpha value is -2.54. The molecule has 7 heteroatoms. The third-order valence-electron chi connectivity index (χ3n) is 2.81. The van der Waals surface area contributed by atoms with Crippen molar-refractivity contribution in [3.05, 3.63) is 54.1 Å². The minimum Gasteiger partial charge on any atom is -0.497 e. The lowest BCUT2D eigenvalue weighted by Crippen LogP contribution is -2.18. The molecule has 2 aromatic rings. The van der Waals surface area contributed by atoms with Gasteiger partial charge in [-0.15, -0.1) is 0 Å². The molecule has 0 aliphatic carbocycles. The summed E-state index contributed by atoms with van der Waals surface area (Å²) < 4.78 is 31.9. The van der Waals surface area contributed by atoms with Crippen molar-refractivity contribution in [2.24, 2.45) is 5.73 Å². The lowest BCUT2D eigenvalue weighted by Gasteiger charge is -2.11. The minimum absolute atomic E-state index is 0.0579. The van der Waals surface area contributed by atoms with Crippen LogP contribution in [0.15, 0.2) is 53.4 Å². The van der Waals surface area contributed by atoms with Gasteiger partial charge in [0.25, 0.3) is 15.9 Å². The standard InChI is InChI=1S/C14H14N2O4S/c1-20-10-6-8-11(9-7-10)21(18,19)16-13-5-3-2-4-12(13)14(15)17/h2-9,16H,1H3,(H2,15,17). The van der Waals surface area contributed by atoms with Gasteiger partial charge in [0.2, 0.25) is 0 Å². The van der Waals surface area contributed by atoms with Crippen LogP contribution in [0.3, 0.4) is 0 Å². The van der Waals surface area contributed by atoms with E-state index in [4.69, 9.17) is 10.5 Å². The van der Waals surface area contributed by atoms with Crippen LogP contribution in [-0.4, -0.2) is 21.4 Å². The number of amides is 1. The number of carbonyl (C=O) groups is 1. The first-order chi connectivity index (χ1) is 9.94. The van der Waals surface area contributed by atoms with Crippen molar-refractivity contribution in [2.75, 3.05) is 11.8 Å². The highest BCUT2D eigenvalue weighted by Gasteiger charge is 2.17. The van der Waals surface area contributed by atoms with E-state index >= 15 is 0 Å². The van der Waals surface area contributed by atoms with Crippen LogP contribution in [-0.2, 0) is 10.0 Å². The minimum atomic E-state index is -3.81. The van der Waals surface area contributed by atoms with Crippen molar-refractivity contribution >= 4 is 21.6 Å². The lowest BCUT2D eigenvalue weighted by molar-refractivity contribution is 0.100. The van der Waals surface area contributed by atoms with E-state index in [1.807, 2.05) is 0 Å². The van der Waals surface area contributed by atoms with Crippen LogP contribution >= 0.6 is 0 Å². The fraction of sp³-hybridized carbons (Fsp3) is 0.0714. The third kappa shape index (κ3) is 3.32. The Bertz CT molecular complexity index is 755. The molecule has 0 saturated carbocycles. The average Bonchev–Trinajstić information content (AvgIpc) is 2.47. The van der Waals surface area contributed by atoms with Gasteiger partial charge in [-0.2, -0.15) is 0 Å². The molecule has 0 unspecified atom stereocenters. The van der Waals surface area contributed by atoms with Crippen molar-refractivity contribution in [3.8, 4) is 5.75 Å². The summed E-state index contributed by atoms with van der Waals surface area (Å²) in [5.41, 5.74) is 5.47. The molecular weight excluding hydrogens is 292 g/mol. The molecule has 0 aromatic heterocycles. The summed E-state index contributed by atoms with van der Waals surface area (Å²) in [6, 6.07) is 12.0. The number of hydrogen-bond donors (Lipinski definition) is 2. The maximum atomic E-state index is 12.3. The molecule has 0 spiro atoms. The first kappa shape index (κ1) is 14.9. The summed E-state index contributed by atoms with van der Waals surface area (Å²) in [7, 11) is -2.32. The first-order valence-electron chi connectivity index (χ1n) is 6.00. The predicted molar refractivity (Wildman–Crippen MR) is 78.8 cm³/mol. The maximum Gasteiger partial charge on any atom is 0.261 e. The van der Waals surface area contributed by atoms with E-state index < -0.39 is 15.9 Å². The molecule has 0 aliphatic rings. The van der Waals surface area contributed by atoms with Crippen molar-refractivity contribution in [1.29, 1.82) is 0 Å². The number of nitrogens with two attached hydrogens (primary N) is 1. The molecule has 0 bridgehead atoms. The van der Waals surface area contributed by atoms with Crippen LogP contribution in [0.5, 0.6) is 5.75 Å². The summed E-state index contributed by atoms with van der Waals surface area (Å²) in [6.45, 7) is 0. The monoisotopic (exact) mass is 306 g/mol. The van der Waals surface area contributed by atoms with Crippen molar-refractivity contribution in [1.82, 2.24) is 0 Å². The van der Waals surface area contributed by atoms with Crippen LogP contribution in [0.2, 0.25) is 0 Å². The molecule has 0 saturated heterocycles. The van der Waals surface area contributed by atoms with Crippen LogP contribution in [0, 0.1) is 0 Å². The smallest absolute Gasteiger partial charge is 0.261 e. The predicted octanol–water partition coefficient (Wildman–Crippen LogP) is 1.59. The number of sulfonamides is 1. The summed E-state index contributed by atoms with van der Waals surface area (Å²) in [5.74, 6) is -0.158. The number of rotatable bonds is 5. The van der Waals surface area contributed by atoms with Crippen molar-refractivity contribution < 1.29 is 17.9 Å². The molecule has 110 valence electrons. The van der Waals surface area contributed by atoms with Gasteiger partial charge < -0.3 is 10.5 Å². The number of carbonyl (C=O) groups excluding carboxylic acids is 1. The molecule has 0 radical (unpaired) electrons. The third-order valence-corrected chi connectivity index (χ3v) is 4.19. The Kier molecular flexibility index (Phi) is 4.13. The summed E-state index contributed by atoms with van der Waals surface area (Å²) in [6.07, 6.45) is 0. The number of anilines is 1. The number of benzene rings is 2. The fourth-order valence-corrected chi connectivity index (χ4v) is 2.83. The molecule has 2 aromatic carbocycles. The number of methoxy groups -OCH3 is 1. The zero-order valence-corrected chi connectivity index (χ0v) is 12.1. The van der Waals surface area contributed by atoms with Gasteiger partial charge in [0.1, 0.15) is 5.75 Å². The van der Waals surface area contributed by atoms with Gasteiger partial charge in [0.15, 0.2) is 0 Å².